The van der Waals surface area contributed by atoms with Crippen molar-refractivity contribution in [3.05, 3.63) is 0 Å². The van der Waals surface area contributed by atoms with Crippen molar-refractivity contribution in [3.8, 4) is 12.3 Å². The molecule has 0 aromatic rings. The van der Waals surface area contributed by atoms with E-state index in [-0.39, 0.29) is 6.04 Å². The summed E-state index contributed by atoms with van der Waals surface area (Å²) in [7, 11) is 3.89. The third-order valence-corrected chi connectivity index (χ3v) is 0.950. The molecule has 0 saturated heterocycles. The molecule has 0 aromatic heterocycles. The van der Waals surface area contributed by atoms with Crippen LogP contribution in [0.25, 0.3) is 0 Å². The van der Waals surface area contributed by atoms with Crippen molar-refractivity contribution >= 4 is 0 Å². The van der Waals surface area contributed by atoms with Crippen LogP contribution >= 0.6 is 0 Å². The molecule has 0 amide bonds. The fourth-order valence-electron chi connectivity index (χ4n) is 0.519. The van der Waals surface area contributed by atoms with E-state index in [1.54, 1.807) is 0 Å². The van der Waals surface area contributed by atoms with Gasteiger partial charge in [-0.25, -0.2) is 5.43 Å². The van der Waals surface area contributed by atoms with E-state index in [0.29, 0.717) is 0 Å². The number of hydrogen-bond acceptors (Lipinski definition) is 3. The Morgan fingerprint density at radius 2 is 2.33 bits per heavy atom. The zero-order valence-corrected chi connectivity index (χ0v) is 5.89. The van der Waals surface area contributed by atoms with E-state index in [2.05, 4.69) is 11.3 Å². The van der Waals surface area contributed by atoms with Crippen molar-refractivity contribution in [2.24, 2.45) is 5.84 Å². The number of rotatable bonds is 3. The van der Waals surface area contributed by atoms with Gasteiger partial charge in [-0.15, -0.1) is 6.42 Å². The number of nitrogens with two attached hydrogens (primary N) is 1. The van der Waals surface area contributed by atoms with Crippen molar-refractivity contribution in [2.75, 3.05) is 20.6 Å². The summed E-state index contributed by atoms with van der Waals surface area (Å²) in [6.45, 7) is 0.771. The second kappa shape index (κ2) is 4.33. The van der Waals surface area contributed by atoms with Gasteiger partial charge in [0.15, 0.2) is 0 Å². The van der Waals surface area contributed by atoms with Crippen LogP contribution in [0.2, 0.25) is 0 Å². The molecule has 0 heterocycles. The standard InChI is InChI=1S/C6H13N3/c1-4-6(8-7)5-9(2)3/h1,6,8H,5,7H2,2-3H3. The minimum absolute atomic E-state index is 0.0417. The maximum atomic E-state index is 5.11. The lowest BCUT2D eigenvalue weighted by Gasteiger charge is -2.14. The van der Waals surface area contributed by atoms with E-state index in [4.69, 9.17) is 12.3 Å². The van der Waals surface area contributed by atoms with Gasteiger partial charge in [0.05, 0.1) is 6.04 Å². The minimum atomic E-state index is -0.0417. The van der Waals surface area contributed by atoms with E-state index >= 15 is 0 Å². The Labute approximate surface area is 56.2 Å². The van der Waals surface area contributed by atoms with Gasteiger partial charge in [-0.2, -0.15) is 0 Å². The van der Waals surface area contributed by atoms with Crippen molar-refractivity contribution in [1.82, 2.24) is 10.3 Å². The third kappa shape index (κ3) is 3.98. The van der Waals surface area contributed by atoms with Gasteiger partial charge in [0.1, 0.15) is 0 Å². The first-order chi connectivity index (χ1) is 4.20. The summed E-state index contributed by atoms with van der Waals surface area (Å²) in [5.41, 5.74) is 2.51. The Balaban J connectivity index is 3.47. The number of likely N-dealkylation sites (N-methyl/N-ethyl adjacent to an activating group) is 1. The molecule has 0 aromatic carbocycles. The van der Waals surface area contributed by atoms with Gasteiger partial charge in [-0.3, -0.25) is 5.84 Å². The fourth-order valence-corrected chi connectivity index (χ4v) is 0.519. The fraction of sp³-hybridized carbons (Fsp3) is 0.667. The molecule has 0 aliphatic heterocycles. The van der Waals surface area contributed by atoms with Crippen molar-refractivity contribution < 1.29 is 0 Å². The summed E-state index contributed by atoms with van der Waals surface area (Å²) in [6, 6.07) is -0.0417. The lowest BCUT2D eigenvalue weighted by Crippen LogP contribution is -2.41. The van der Waals surface area contributed by atoms with Gasteiger partial charge in [-0.1, -0.05) is 5.92 Å². The van der Waals surface area contributed by atoms with Gasteiger partial charge in [0.2, 0.25) is 0 Å². The Bertz CT molecular complexity index is 103. The average Bonchev–Trinajstić information content (AvgIpc) is 1.82. The van der Waals surface area contributed by atoms with Crippen LogP contribution in [0.3, 0.4) is 0 Å². The SMILES string of the molecule is C#CC(CN(C)C)NN. The molecule has 3 nitrogen and oxygen atoms in total. The number of nitrogens with zero attached hydrogens (tertiary/aromatic N) is 1. The van der Waals surface area contributed by atoms with Crippen molar-refractivity contribution in [2.45, 2.75) is 6.04 Å². The number of nitrogens with one attached hydrogen (secondary N) is 1. The summed E-state index contributed by atoms with van der Waals surface area (Å²) >= 11 is 0. The largest absolute Gasteiger partial charge is 0.307 e. The van der Waals surface area contributed by atoms with Crippen LogP contribution in [0.5, 0.6) is 0 Å². The molecule has 3 N–H and O–H groups in total. The Hall–Kier alpha value is -0.560. The van der Waals surface area contributed by atoms with Gasteiger partial charge in [-0.05, 0) is 14.1 Å². The van der Waals surface area contributed by atoms with E-state index < -0.39 is 0 Å². The quantitative estimate of drug-likeness (QED) is 0.291. The molecule has 0 bridgehead atoms. The van der Waals surface area contributed by atoms with Crippen LogP contribution in [0.15, 0.2) is 0 Å². The lowest BCUT2D eigenvalue weighted by molar-refractivity contribution is 0.374. The van der Waals surface area contributed by atoms with Crippen molar-refractivity contribution in [3.63, 3.8) is 0 Å². The normalized spacial score (nSPS) is 13.2. The highest BCUT2D eigenvalue weighted by Crippen LogP contribution is 1.80. The smallest absolute Gasteiger partial charge is 0.0941 e. The summed E-state index contributed by atoms with van der Waals surface area (Å²) in [5, 5.41) is 0. The average molecular weight is 127 g/mol. The predicted molar refractivity (Wildman–Crippen MR) is 38.5 cm³/mol. The molecule has 0 fully saturated rings. The van der Waals surface area contributed by atoms with E-state index in [1.165, 1.54) is 0 Å². The minimum Gasteiger partial charge on any atom is -0.307 e. The summed E-state index contributed by atoms with van der Waals surface area (Å²) in [6.07, 6.45) is 5.11. The molecule has 0 aliphatic carbocycles. The molecule has 3 heteroatoms. The molecular formula is C6H13N3. The van der Waals surface area contributed by atoms with Crippen LogP contribution in [0.1, 0.15) is 0 Å². The van der Waals surface area contributed by atoms with E-state index in [9.17, 15) is 0 Å². The maximum Gasteiger partial charge on any atom is 0.0941 e. The summed E-state index contributed by atoms with van der Waals surface area (Å²) in [5.74, 6) is 7.62. The number of terminal acetylenes is 1. The molecule has 52 valence electrons. The first-order valence-corrected chi connectivity index (χ1v) is 2.77. The summed E-state index contributed by atoms with van der Waals surface area (Å²) in [4.78, 5) is 1.98. The highest BCUT2D eigenvalue weighted by Gasteiger charge is 2.00. The molecule has 1 atom stereocenters. The number of hydrogen-bond donors (Lipinski definition) is 2. The maximum absolute atomic E-state index is 5.11. The molecule has 0 radical (unpaired) electrons. The van der Waals surface area contributed by atoms with Gasteiger partial charge in [0.25, 0.3) is 0 Å². The molecule has 0 aliphatic rings. The van der Waals surface area contributed by atoms with Crippen LogP contribution in [-0.2, 0) is 0 Å². The highest BCUT2D eigenvalue weighted by atomic mass is 15.3. The van der Waals surface area contributed by atoms with E-state index in [0.717, 1.165) is 6.54 Å². The van der Waals surface area contributed by atoms with Crippen LogP contribution in [-0.4, -0.2) is 31.6 Å². The first-order valence-electron chi connectivity index (χ1n) is 2.77. The zero-order chi connectivity index (χ0) is 7.28. The Kier molecular flexibility index (Phi) is 4.06. The lowest BCUT2D eigenvalue weighted by atomic mass is 10.3. The molecule has 0 rings (SSSR count). The van der Waals surface area contributed by atoms with Gasteiger partial charge in [0, 0.05) is 6.54 Å². The van der Waals surface area contributed by atoms with Crippen LogP contribution < -0.4 is 11.3 Å². The molecule has 9 heavy (non-hydrogen) atoms. The monoisotopic (exact) mass is 127 g/mol. The second-order valence-electron chi connectivity index (χ2n) is 2.15. The molecule has 0 saturated carbocycles. The van der Waals surface area contributed by atoms with E-state index in [1.807, 2.05) is 19.0 Å². The third-order valence-electron chi connectivity index (χ3n) is 0.950. The molecular weight excluding hydrogens is 114 g/mol. The molecule has 0 spiro atoms. The second-order valence-corrected chi connectivity index (χ2v) is 2.15. The zero-order valence-electron chi connectivity index (χ0n) is 5.89. The topological polar surface area (TPSA) is 41.3 Å². The van der Waals surface area contributed by atoms with Crippen LogP contribution in [0, 0.1) is 12.3 Å². The first kappa shape index (κ1) is 8.44. The molecule has 1 unspecified atom stereocenters. The van der Waals surface area contributed by atoms with Crippen molar-refractivity contribution in [1.29, 1.82) is 0 Å². The summed E-state index contributed by atoms with van der Waals surface area (Å²) < 4.78 is 0. The van der Waals surface area contributed by atoms with Gasteiger partial charge < -0.3 is 4.90 Å². The van der Waals surface area contributed by atoms with Crippen LogP contribution in [0.4, 0.5) is 0 Å². The predicted octanol–water partition coefficient (Wildman–Crippen LogP) is -0.987. The highest BCUT2D eigenvalue weighted by molar-refractivity contribution is 4.98. The Morgan fingerprint density at radius 1 is 1.78 bits per heavy atom. The number of hydrazine groups is 1. The Morgan fingerprint density at radius 3 is 2.44 bits per heavy atom. The van der Waals surface area contributed by atoms with Gasteiger partial charge >= 0.3 is 0 Å².